The Kier molecular flexibility index (Phi) is 3.58. The predicted octanol–water partition coefficient (Wildman–Crippen LogP) is 3.71. The maximum atomic E-state index is 12.1. The van der Waals surface area contributed by atoms with Crippen molar-refractivity contribution in [3.05, 3.63) is 59.2 Å². The first-order valence-electron chi connectivity index (χ1n) is 7.54. The molecule has 0 N–H and O–H groups in total. The van der Waals surface area contributed by atoms with Crippen LogP contribution in [0.3, 0.4) is 0 Å². The Labute approximate surface area is 125 Å². The van der Waals surface area contributed by atoms with E-state index >= 15 is 0 Å². The van der Waals surface area contributed by atoms with E-state index in [-0.39, 0.29) is 11.2 Å². The number of hydrogen-bond donors (Lipinski definition) is 0. The van der Waals surface area contributed by atoms with Gasteiger partial charge >= 0.3 is 0 Å². The lowest BCUT2D eigenvalue weighted by Gasteiger charge is -2.24. The van der Waals surface area contributed by atoms with Crippen LogP contribution in [0.15, 0.2) is 36.5 Å². The van der Waals surface area contributed by atoms with Crippen molar-refractivity contribution in [2.75, 3.05) is 0 Å². The van der Waals surface area contributed by atoms with Crippen molar-refractivity contribution in [3.8, 4) is 0 Å². The lowest BCUT2D eigenvalue weighted by Crippen LogP contribution is -2.23. The van der Waals surface area contributed by atoms with Crippen molar-refractivity contribution >= 4 is 5.78 Å². The molecule has 1 aromatic carbocycles. The summed E-state index contributed by atoms with van der Waals surface area (Å²) in [4.78, 5) is 21.3. The molecular formula is C18H20N2O. The number of ketones is 1. The summed E-state index contributed by atoms with van der Waals surface area (Å²) in [7, 11) is 0. The third-order valence-electron chi connectivity index (χ3n) is 4.29. The second-order valence-corrected chi connectivity index (χ2v) is 6.18. The normalized spacial score (nSPS) is 15.4. The highest BCUT2D eigenvalue weighted by molar-refractivity contribution is 5.97. The Morgan fingerprint density at radius 2 is 1.76 bits per heavy atom. The molecule has 1 aliphatic rings. The monoisotopic (exact) mass is 280 g/mol. The van der Waals surface area contributed by atoms with Gasteiger partial charge in [0.15, 0.2) is 5.78 Å². The number of carbonyl (C=O) groups excluding carboxylic acids is 1. The van der Waals surface area contributed by atoms with Crippen molar-refractivity contribution < 1.29 is 4.79 Å². The van der Waals surface area contributed by atoms with E-state index in [1.807, 2.05) is 18.2 Å². The van der Waals surface area contributed by atoms with Crippen LogP contribution in [0.1, 0.15) is 60.5 Å². The topological polar surface area (TPSA) is 42.9 Å². The van der Waals surface area contributed by atoms with E-state index in [9.17, 15) is 4.79 Å². The molecule has 21 heavy (non-hydrogen) atoms. The van der Waals surface area contributed by atoms with Crippen molar-refractivity contribution in [1.29, 1.82) is 0 Å². The van der Waals surface area contributed by atoms with Crippen molar-refractivity contribution in [2.24, 2.45) is 0 Å². The number of benzene rings is 1. The molecule has 0 spiro atoms. The largest absolute Gasteiger partial charge is 0.294 e. The Hall–Kier alpha value is -2.03. The molecule has 0 aliphatic heterocycles. The summed E-state index contributed by atoms with van der Waals surface area (Å²) in [5, 5.41) is 0. The Balaban J connectivity index is 2.04. The highest BCUT2D eigenvalue weighted by atomic mass is 16.1. The SMILES string of the molecule is CC(C)(c1ccccc1)c1ncc2c(n1)CCCCC2=O. The number of fused-ring (bicyclic) bond motifs is 1. The Morgan fingerprint density at radius 3 is 2.52 bits per heavy atom. The van der Waals surface area contributed by atoms with Gasteiger partial charge in [-0.3, -0.25) is 4.79 Å². The summed E-state index contributed by atoms with van der Waals surface area (Å²) in [6.07, 6.45) is 5.21. The first kappa shape index (κ1) is 13.9. The highest BCUT2D eigenvalue weighted by Gasteiger charge is 2.28. The van der Waals surface area contributed by atoms with Gasteiger partial charge in [-0.05, 0) is 38.7 Å². The first-order chi connectivity index (χ1) is 10.1. The Morgan fingerprint density at radius 1 is 1.05 bits per heavy atom. The van der Waals surface area contributed by atoms with Crippen LogP contribution in [0.25, 0.3) is 0 Å². The fraction of sp³-hybridized carbons (Fsp3) is 0.389. The number of aryl methyl sites for hydroxylation is 1. The molecular weight excluding hydrogens is 260 g/mol. The van der Waals surface area contributed by atoms with E-state index in [2.05, 4.69) is 31.0 Å². The third kappa shape index (κ3) is 2.60. The van der Waals surface area contributed by atoms with Crippen LogP contribution < -0.4 is 0 Å². The molecule has 0 saturated carbocycles. The second-order valence-electron chi connectivity index (χ2n) is 6.18. The molecule has 1 aliphatic carbocycles. The van der Waals surface area contributed by atoms with Crippen LogP contribution in [0, 0.1) is 0 Å². The fourth-order valence-electron chi connectivity index (χ4n) is 2.84. The predicted molar refractivity (Wildman–Crippen MR) is 82.5 cm³/mol. The van der Waals surface area contributed by atoms with Gasteiger partial charge in [0, 0.05) is 18.0 Å². The fourth-order valence-corrected chi connectivity index (χ4v) is 2.84. The summed E-state index contributed by atoms with van der Waals surface area (Å²) in [5.41, 5.74) is 2.57. The number of Topliss-reactive ketones (excluding diaryl/α,β-unsaturated/α-hetero) is 1. The summed E-state index contributed by atoms with van der Waals surface area (Å²) in [5.74, 6) is 0.980. The minimum Gasteiger partial charge on any atom is -0.294 e. The van der Waals surface area contributed by atoms with Gasteiger partial charge in [-0.25, -0.2) is 9.97 Å². The third-order valence-corrected chi connectivity index (χ3v) is 4.29. The van der Waals surface area contributed by atoms with E-state index < -0.39 is 0 Å². The molecule has 1 aromatic heterocycles. The number of carbonyl (C=O) groups is 1. The van der Waals surface area contributed by atoms with Gasteiger partial charge in [0.2, 0.25) is 0 Å². The molecule has 1 heterocycles. The molecule has 0 unspecified atom stereocenters. The minimum atomic E-state index is -0.258. The molecule has 0 fully saturated rings. The van der Waals surface area contributed by atoms with Crippen LogP contribution >= 0.6 is 0 Å². The van der Waals surface area contributed by atoms with Crippen LogP contribution in [-0.4, -0.2) is 15.8 Å². The quantitative estimate of drug-likeness (QED) is 0.788. The smallest absolute Gasteiger partial charge is 0.166 e. The van der Waals surface area contributed by atoms with Crippen LogP contribution in [0.4, 0.5) is 0 Å². The highest BCUT2D eigenvalue weighted by Crippen LogP contribution is 2.30. The molecule has 0 bridgehead atoms. The number of nitrogens with zero attached hydrogens (tertiary/aromatic N) is 2. The standard InChI is InChI=1S/C18H20N2O/c1-18(2,13-8-4-3-5-9-13)17-19-12-14-15(20-17)10-6-7-11-16(14)21/h3-5,8-9,12H,6-7,10-11H2,1-2H3. The second kappa shape index (κ2) is 5.40. The molecule has 3 rings (SSSR count). The van der Waals surface area contributed by atoms with E-state index in [0.29, 0.717) is 6.42 Å². The number of hydrogen-bond acceptors (Lipinski definition) is 3. The van der Waals surface area contributed by atoms with Gasteiger partial charge in [-0.15, -0.1) is 0 Å². The summed E-state index contributed by atoms with van der Waals surface area (Å²) < 4.78 is 0. The van der Waals surface area contributed by atoms with Crippen molar-refractivity contribution in [1.82, 2.24) is 9.97 Å². The van der Waals surface area contributed by atoms with E-state index in [1.165, 1.54) is 5.56 Å². The van der Waals surface area contributed by atoms with Crippen LogP contribution in [0.5, 0.6) is 0 Å². The summed E-state index contributed by atoms with van der Waals surface area (Å²) in [6, 6.07) is 10.3. The van der Waals surface area contributed by atoms with Gasteiger partial charge in [0.1, 0.15) is 5.82 Å². The average molecular weight is 280 g/mol. The van der Waals surface area contributed by atoms with Crippen molar-refractivity contribution in [3.63, 3.8) is 0 Å². The van der Waals surface area contributed by atoms with Gasteiger partial charge < -0.3 is 0 Å². The van der Waals surface area contributed by atoms with Crippen molar-refractivity contribution in [2.45, 2.75) is 44.9 Å². The maximum Gasteiger partial charge on any atom is 0.166 e. The summed E-state index contributed by atoms with van der Waals surface area (Å²) >= 11 is 0. The zero-order valence-electron chi connectivity index (χ0n) is 12.6. The molecule has 2 aromatic rings. The zero-order valence-corrected chi connectivity index (χ0v) is 12.6. The molecule has 0 radical (unpaired) electrons. The number of aromatic nitrogens is 2. The van der Waals surface area contributed by atoms with E-state index in [0.717, 1.165) is 36.3 Å². The average Bonchev–Trinajstić information content (AvgIpc) is 2.69. The van der Waals surface area contributed by atoms with Crippen LogP contribution in [-0.2, 0) is 11.8 Å². The molecule has 0 atom stereocenters. The van der Waals surface area contributed by atoms with Crippen LogP contribution in [0.2, 0.25) is 0 Å². The molecule has 3 heteroatoms. The van der Waals surface area contributed by atoms with Gasteiger partial charge in [0.05, 0.1) is 11.3 Å². The molecule has 108 valence electrons. The van der Waals surface area contributed by atoms with Gasteiger partial charge in [-0.2, -0.15) is 0 Å². The lowest BCUT2D eigenvalue weighted by molar-refractivity contribution is 0.0981. The molecule has 0 amide bonds. The number of rotatable bonds is 2. The molecule has 0 saturated heterocycles. The van der Waals surface area contributed by atoms with E-state index in [1.54, 1.807) is 6.20 Å². The zero-order chi connectivity index (χ0) is 14.9. The maximum absolute atomic E-state index is 12.1. The minimum absolute atomic E-state index is 0.187. The summed E-state index contributed by atoms with van der Waals surface area (Å²) in [6.45, 7) is 4.26. The lowest BCUT2D eigenvalue weighted by atomic mass is 9.83. The van der Waals surface area contributed by atoms with E-state index in [4.69, 9.17) is 4.98 Å². The van der Waals surface area contributed by atoms with Gasteiger partial charge in [0.25, 0.3) is 0 Å². The Bertz CT molecular complexity index is 662. The molecule has 3 nitrogen and oxygen atoms in total. The van der Waals surface area contributed by atoms with Gasteiger partial charge in [-0.1, -0.05) is 30.3 Å². The first-order valence-corrected chi connectivity index (χ1v) is 7.54.